The van der Waals surface area contributed by atoms with Crippen LogP contribution in [-0.4, -0.2) is 12.0 Å². The highest BCUT2D eigenvalue weighted by Gasteiger charge is 1.85. The minimum Gasteiger partial charge on any atom is -0.412 e. The highest BCUT2D eigenvalue weighted by atomic mass is 35.5. The first-order chi connectivity index (χ1) is 2.77. The molecule has 0 fully saturated rings. The number of nitrogens with two attached hydrogens (primary N) is 1. The van der Waals surface area contributed by atoms with Gasteiger partial charge in [-0.1, -0.05) is 13.8 Å². The molecule has 54 valence electrons. The fraction of sp³-hybridized carbons (Fsp3) is 1.00. The number of rotatable bonds is 2. The average molecular weight is 142 g/mol. The third-order valence-electron chi connectivity index (χ3n) is 0.744. The lowest BCUT2D eigenvalue weighted by molar-refractivity contribution is 0.596. The van der Waals surface area contributed by atoms with Crippen LogP contribution in [-0.2, 0) is 0 Å². The van der Waals surface area contributed by atoms with E-state index in [4.69, 9.17) is 5.73 Å². The average Bonchev–Trinajstić information content (AvgIpc) is 1.35. The summed E-state index contributed by atoms with van der Waals surface area (Å²) in [5.74, 6) is 0.773. The lowest BCUT2D eigenvalue weighted by Crippen LogP contribution is -2.01. The number of hydrogen-bond acceptors (Lipinski definition) is 1. The van der Waals surface area contributed by atoms with Crippen molar-refractivity contribution in [3.05, 3.63) is 0 Å². The van der Waals surface area contributed by atoms with E-state index in [1.165, 1.54) is 0 Å². The van der Waals surface area contributed by atoms with Gasteiger partial charge in [0.2, 0.25) is 0 Å². The van der Waals surface area contributed by atoms with Crippen LogP contribution in [0.5, 0.6) is 0 Å². The fourth-order valence-corrected chi connectivity index (χ4v) is 0.333. The molecule has 0 bridgehead atoms. The van der Waals surface area contributed by atoms with Crippen LogP contribution >= 0.6 is 12.4 Å². The van der Waals surface area contributed by atoms with Crippen LogP contribution in [0.2, 0.25) is 0 Å². The van der Waals surface area contributed by atoms with E-state index in [0.29, 0.717) is 0 Å². The molecule has 0 aliphatic heterocycles. The van der Waals surface area contributed by atoms with Crippen LogP contribution in [0.25, 0.3) is 0 Å². The maximum Gasteiger partial charge on any atom is -0.00748 e. The van der Waals surface area contributed by atoms with Gasteiger partial charge in [0.05, 0.1) is 0 Å². The molecule has 4 N–H and O–H groups in total. The van der Waals surface area contributed by atoms with Gasteiger partial charge < -0.3 is 11.2 Å². The molecular weight excluding hydrogens is 126 g/mol. The van der Waals surface area contributed by atoms with Crippen LogP contribution in [0.4, 0.5) is 0 Å². The van der Waals surface area contributed by atoms with Crippen LogP contribution in [0.3, 0.4) is 0 Å². The molecule has 0 aromatic rings. The highest BCUT2D eigenvalue weighted by molar-refractivity contribution is 5.85. The number of hydrogen-bond donors (Lipinski definition) is 1. The molecule has 0 saturated heterocycles. The molecule has 2 nitrogen and oxygen atoms in total. The molecule has 0 heterocycles. The highest BCUT2D eigenvalue weighted by Crippen LogP contribution is 1.93. The smallest absolute Gasteiger partial charge is 0.00748 e. The minimum absolute atomic E-state index is 0. The Balaban J connectivity index is -0.000000125. The van der Waals surface area contributed by atoms with Gasteiger partial charge >= 0.3 is 0 Å². The second-order valence-corrected chi connectivity index (χ2v) is 1.97. The van der Waals surface area contributed by atoms with Crippen molar-refractivity contribution in [1.29, 1.82) is 0 Å². The molecule has 0 saturated carbocycles. The van der Waals surface area contributed by atoms with E-state index in [9.17, 15) is 0 Å². The molecule has 0 spiro atoms. The summed E-state index contributed by atoms with van der Waals surface area (Å²) in [6, 6.07) is 0. The first kappa shape index (κ1) is 15.7. The third-order valence-corrected chi connectivity index (χ3v) is 0.744. The Hall–Kier alpha value is 0.210. The molecule has 3 heteroatoms. The van der Waals surface area contributed by atoms with Gasteiger partial charge in [-0.3, -0.25) is 0 Å². The monoisotopic (exact) mass is 141 g/mol. The molecule has 0 amide bonds. The molecule has 0 aliphatic rings. The van der Waals surface area contributed by atoms with Gasteiger partial charge in [0.15, 0.2) is 0 Å². The van der Waals surface area contributed by atoms with Crippen LogP contribution in [0.15, 0.2) is 0 Å². The topological polar surface area (TPSA) is 57.5 Å². The first-order valence-corrected chi connectivity index (χ1v) is 2.47. The van der Waals surface area contributed by atoms with Crippen molar-refractivity contribution < 1.29 is 5.48 Å². The van der Waals surface area contributed by atoms with Crippen LogP contribution < -0.4 is 5.73 Å². The lowest BCUT2D eigenvalue weighted by Gasteiger charge is -1.96. The Labute approximate surface area is 57.2 Å². The SMILES string of the molecule is CC(C)CCN.Cl.O. The summed E-state index contributed by atoms with van der Waals surface area (Å²) in [6.45, 7) is 5.18. The zero-order chi connectivity index (χ0) is 4.99. The van der Waals surface area contributed by atoms with Gasteiger partial charge in [-0.25, -0.2) is 0 Å². The predicted molar refractivity (Wildman–Crippen MR) is 39.4 cm³/mol. The van der Waals surface area contributed by atoms with Gasteiger partial charge in [0, 0.05) is 0 Å². The zero-order valence-electron chi connectivity index (χ0n) is 5.48. The molecular formula is C5H16ClNO. The third kappa shape index (κ3) is 16.4. The Morgan fingerprint density at radius 1 is 1.38 bits per heavy atom. The zero-order valence-corrected chi connectivity index (χ0v) is 6.29. The Morgan fingerprint density at radius 3 is 1.75 bits per heavy atom. The minimum atomic E-state index is 0. The Bertz CT molecular complexity index is 33.6. The van der Waals surface area contributed by atoms with Gasteiger partial charge in [0.1, 0.15) is 0 Å². The van der Waals surface area contributed by atoms with Crippen molar-refractivity contribution in [3.63, 3.8) is 0 Å². The van der Waals surface area contributed by atoms with E-state index in [2.05, 4.69) is 13.8 Å². The van der Waals surface area contributed by atoms with Crippen molar-refractivity contribution in [3.8, 4) is 0 Å². The second kappa shape index (κ2) is 10.2. The van der Waals surface area contributed by atoms with Crippen molar-refractivity contribution in [2.45, 2.75) is 20.3 Å². The van der Waals surface area contributed by atoms with Gasteiger partial charge in [-0.15, -0.1) is 12.4 Å². The maximum atomic E-state index is 5.23. The van der Waals surface area contributed by atoms with Crippen LogP contribution in [0, 0.1) is 5.92 Å². The van der Waals surface area contributed by atoms with E-state index in [-0.39, 0.29) is 17.9 Å². The predicted octanol–water partition coefficient (Wildman–Crippen LogP) is 0.588. The fourth-order valence-electron chi connectivity index (χ4n) is 0.333. The summed E-state index contributed by atoms with van der Waals surface area (Å²) in [5.41, 5.74) is 5.23. The van der Waals surface area contributed by atoms with E-state index < -0.39 is 0 Å². The van der Waals surface area contributed by atoms with E-state index in [1.807, 2.05) is 0 Å². The van der Waals surface area contributed by atoms with Crippen molar-refractivity contribution in [2.75, 3.05) is 6.54 Å². The summed E-state index contributed by atoms with van der Waals surface area (Å²) in [5, 5.41) is 0. The molecule has 0 radical (unpaired) electrons. The van der Waals surface area contributed by atoms with Gasteiger partial charge in [-0.2, -0.15) is 0 Å². The summed E-state index contributed by atoms with van der Waals surface area (Å²) in [7, 11) is 0. The summed E-state index contributed by atoms with van der Waals surface area (Å²) < 4.78 is 0. The number of halogens is 1. The van der Waals surface area contributed by atoms with Gasteiger partial charge in [0.25, 0.3) is 0 Å². The van der Waals surface area contributed by atoms with Crippen molar-refractivity contribution >= 4 is 12.4 Å². The largest absolute Gasteiger partial charge is 0.412 e. The van der Waals surface area contributed by atoms with Gasteiger partial charge in [-0.05, 0) is 18.9 Å². The summed E-state index contributed by atoms with van der Waals surface area (Å²) in [6.07, 6.45) is 1.15. The normalized spacial score (nSPS) is 7.50. The van der Waals surface area contributed by atoms with Crippen molar-refractivity contribution in [2.24, 2.45) is 11.7 Å². The lowest BCUT2D eigenvalue weighted by atomic mass is 10.1. The van der Waals surface area contributed by atoms with Crippen molar-refractivity contribution in [1.82, 2.24) is 0 Å². The van der Waals surface area contributed by atoms with Crippen LogP contribution in [0.1, 0.15) is 20.3 Å². The first-order valence-electron chi connectivity index (χ1n) is 2.47. The standard InChI is InChI=1S/C5H13N.ClH.H2O/c1-5(2)3-4-6;;/h5H,3-4,6H2,1-2H3;1H;1H2. The molecule has 0 rings (SSSR count). The molecule has 0 aromatic heterocycles. The van der Waals surface area contributed by atoms with E-state index in [0.717, 1.165) is 18.9 Å². The van der Waals surface area contributed by atoms with E-state index >= 15 is 0 Å². The Morgan fingerprint density at radius 2 is 1.75 bits per heavy atom. The second-order valence-electron chi connectivity index (χ2n) is 1.97. The quantitative estimate of drug-likeness (QED) is 0.601. The summed E-state index contributed by atoms with van der Waals surface area (Å²) >= 11 is 0. The van der Waals surface area contributed by atoms with E-state index in [1.54, 1.807) is 0 Å². The Kier molecular flexibility index (Phi) is 20.1. The molecule has 0 atom stereocenters. The molecule has 0 aromatic carbocycles. The molecule has 0 unspecified atom stereocenters. The molecule has 8 heavy (non-hydrogen) atoms. The molecule has 0 aliphatic carbocycles. The maximum absolute atomic E-state index is 5.23. The summed E-state index contributed by atoms with van der Waals surface area (Å²) in [4.78, 5) is 0.